The van der Waals surface area contributed by atoms with E-state index in [0.717, 1.165) is 38.5 Å². The first-order valence-electron chi connectivity index (χ1n) is 13.5. The molecule has 1 atom stereocenters. The van der Waals surface area contributed by atoms with E-state index in [1.807, 2.05) is 0 Å². The van der Waals surface area contributed by atoms with Crippen molar-refractivity contribution in [1.82, 2.24) is 0 Å². The van der Waals surface area contributed by atoms with Gasteiger partial charge in [0.25, 0.3) is 0 Å². The van der Waals surface area contributed by atoms with Crippen molar-refractivity contribution < 1.29 is 46.9 Å². The van der Waals surface area contributed by atoms with Crippen molar-refractivity contribution in [1.29, 1.82) is 0 Å². The second-order valence-corrected chi connectivity index (χ2v) is 11.2. The van der Waals surface area contributed by atoms with Crippen LogP contribution in [0, 0.1) is 0 Å². The van der Waals surface area contributed by atoms with Crippen LogP contribution in [0.15, 0.2) is 0 Å². The van der Waals surface area contributed by atoms with Crippen molar-refractivity contribution >= 4 is 10.1 Å². The fourth-order valence-electron chi connectivity index (χ4n) is 4.30. The van der Waals surface area contributed by atoms with Gasteiger partial charge in [-0.3, -0.25) is 0 Å². The third-order valence-electron chi connectivity index (χ3n) is 6.51. The maximum Gasteiger partial charge on any atom is 1.00 e. The topological polar surface area (TPSA) is 57.2 Å². The zero-order chi connectivity index (χ0) is 23.3. The van der Waals surface area contributed by atoms with Gasteiger partial charge in [-0.1, -0.05) is 136 Å². The van der Waals surface area contributed by atoms with Crippen LogP contribution in [0.1, 0.15) is 162 Å². The van der Waals surface area contributed by atoms with E-state index in [4.69, 9.17) is 0 Å². The molecule has 32 heavy (non-hydrogen) atoms. The summed E-state index contributed by atoms with van der Waals surface area (Å²) in [6.07, 6.45) is 23.2. The summed E-state index contributed by atoms with van der Waals surface area (Å²) in [6.45, 7) is 4.43. The Bertz CT molecular complexity index is 487. The minimum absolute atomic E-state index is 0. The van der Waals surface area contributed by atoms with E-state index in [1.54, 1.807) is 0 Å². The fraction of sp³-hybridized carbons (Fsp3) is 1.00. The van der Waals surface area contributed by atoms with Crippen LogP contribution in [0.3, 0.4) is 0 Å². The SMILES string of the molecule is CCCCCCCCCCCCCCC(F)(CCCCCCCCCCC)S(=O)(=O)[O-].[Na+]. The van der Waals surface area contributed by atoms with Gasteiger partial charge < -0.3 is 4.55 Å². The summed E-state index contributed by atoms with van der Waals surface area (Å²) < 4.78 is 49.5. The minimum Gasteiger partial charge on any atom is -0.745 e. The summed E-state index contributed by atoms with van der Waals surface area (Å²) >= 11 is 0. The predicted molar refractivity (Wildman–Crippen MR) is 131 cm³/mol. The zero-order valence-electron chi connectivity index (χ0n) is 21.8. The van der Waals surface area contributed by atoms with E-state index in [0.29, 0.717) is 12.8 Å². The molecule has 0 aliphatic rings. The zero-order valence-corrected chi connectivity index (χ0v) is 24.6. The summed E-state index contributed by atoms with van der Waals surface area (Å²) in [5, 5.41) is -2.56. The molecule has 0 heterocycles. The molecule has 6 heteroatoms. The average molecular weight is 487 g/mol. The molecule has 0 aromatic heterocycles. The van der Waals surface area contributed by atoms with Crippen molar-refractivity contribution in [2.45, 2.75) is 167 Å². The molecule has 0 aromatic rings. The minimum atomic E-state index is -4.90. The van der Waals surface area contributed by atoms with Gasteiger partial charge in [0.2, 0.25) is 0 Å². The summed E-state index contributed by atoms with van der Waals surface area (Å²) in [5.74, 6) is 0. The van der Waals surface area contributed by atoms with Crippen LogP contribution in [0.25, 0.3) is 0 Å². The Morgan fingerprint density at radius 1 is 0.531 bits per heavy atom. The van der Waals surface area contributed by atoms with E-state index in [9.17, 15) is 17.4 Å². The number of alkyl halides is 1. The third-order valence-corrected chi connectivity index (χ3v) is 7.81. The molecule has 0 aliphatic heterocycles. The molecule has 0 bridgehead atoms. The number of unbranched alkanes of at least 4 members (excludes halogenated alkanes) is 19. The molecule has 0 aromatic carbocycles. The molecule has 0 fully saturated rings. The molecule has 0 radical (unpaired) electrons. The van der Waals surface area contributed by atoms with Crippen LogP contribution < -0.4 is 29.6 Å². The molecule has 188 valence electrons. The summed E-state index contributed by atoms with van der Waals surface area (Å²) in [6, 6.07) is 0. The van der Waals surface area contributed by atoms with E-state index in [2.05, 4.69) is 13.8 Å². The normalized spacial score (nSPS) is 13.6. The Labute approximate surface area is 222 Å². The van der Waals surface area contributed by atoms with E-state index >= 15 is 0 Å². The molecule has 0 N–H and O–H groups in total. The summed E-state index contributed by atoms with van der Waals surface area (Å²) in [5.41, 5.74) is 0. The van der Waals surface area contributed by atoms with Gasteiger partial charge in [-0.05, 0) is 25.7 Å². The largest absolute Gasteiger partial charge is 1.00 e. The van der Waals surface area contributed by atoms with Gasteiger partial charge in [0.05, 0.1) is 0 Å². The maximum absolute atomic E-state index is 14.9. The van der Waals surface area contributed by atoms with Crippen LogP contribution in [0.2, 0.25) is 0 Å². The number of halogens is 1. The molecule has 0 rings (SSSR count). The van der Waals surface area contributed by atoms with E-state index in [-0.39, 0.29) is 42.4 Å². The Morgan fingerprint density at radius 2 is 0.750 bits per heavy atom. The van der Waals surface area contributed by atoms with Gasteiger partial charge in [-0.15, -0.1) is 0 Å². The Morgan fingerprint density at radius 3 is 0.969 bits per heavy atom. The number of rotatable bonds is 24. The molecule has 0 saturated carbocycles. The first-order chi connectivity index (χ1) is 14.9. The molecule has 0 amide bonds. The second-order valence-electron chi connectivity index (χ2n) is 9.55. The quantitative estimate of drug-likeness (QED) is 0.0925. The van der Waals surface area contributed by atoms with E-state index in [1.165, 1.54) is 83.5 Å². The molecular formula is C26H52FNaO3S. The second kappa shape index (κ2) is 23.6. The third kappa shape index (κ3) is 20.2. The van der Waals surface area contributed by atoms with Gasteiger partial charge in [0, 0.05) is 0 Å². The summed E-state index contributed by atoms with van der Waals surface area (Å²) in [4.78, 5) is 0. The van der Waals surface area contributed by atoms with Gasteiger partial charge in [-0.2, -0.15) is 0 Å². The monoisotopic (exact) mass is 486 g/mol. The van der Waals surface area contributed by atoms with Gasteiger partial charge in [-0.25, -0.2) is 12.8 Å². The van der Waals surface area contributed by atoms with E-state index < -0.39 is 15.1 Å². The van der Waals surface area contributed by atoms with Gasteiger partial charge in [0.1, 0.15) is 10.1 Å². The van der Waals surface area contributed by atoms with Crippen LogP contribution in [-0.4, -0.2) is 18.0 Å². The number of hydrogen-bond donors (Lipinski definition) is 0. The Hall–Kier alpha value is 0.840. The van der Waals surface area contributed by atoms with Crippen LogP contribution >= 0.6 is 0 Å². The van der Waals surface area contributed by atoms with Crippen LogP contribution in [0.5, 0.6) is 0 Å². The van der Waals surface area contributed by atoms with Crippen molar-refractivity contribution in [3.63, 3.8) is 0 Å². The van der Waals surface area contributed by atoms with Gasteiger partial charge in [0.15, 0.2) is 5.00 Å². The fourth-order valence-corrected chi connectivity index (χ4v) is 5.09. The molecule has 3 nitrogen and oxygen atoms in total. The molecule has 1 unspecified atom stereocenters. The predicted octanol–water partition coefficient (Wildman–Crippen LogP) is 6.21. The Balaban J connectivity index is 0. The Kier molecular flexibility index (Phi) is 25.8. The first-order valence-corrected chi connectivity index (χ1v) is 14.9. The number of hydrogen-bond acceptors (Lipinski definition) is 3. The van der Waals surface area contributed by atoms with Crippen LogP contribution in [0.4, 0.5) is 4.39 Å². The van der Waals surface area contributed by atoms with Crippen molar-refractivity contribution in [3.05, 3.63) is 0 Å². The van der Waals surface area contributed by atoms with Crippen LogP contribution in [-0.2, 0) is 10.1 Å². The standard InChI is InChI=1S/C26H53FO3S.Na/c1-3-5-7-9-11-13-14-15-17-19-21-23-25-26(27,31(28,29)30)24-22-20-18-16-12-10-8-6-4-2;/h3-25H2,1-2H3,(H,28,29,30);/q;+1/p-1. The smallest absolute Gasteiger partial charge is 0.745 e. The molecule has 0 saturated heterocycles. The summed E-state index contributed by atoms with van der Waals surface area (Å²) in [7, 11) is -4.90. The maximum atomic E-state index is 14.9. The first kappa shape index (κ1) is 35.0. The van der Waals surface area contributed by atoms with Crippen molar-refractivity contribution in [2.24, 2.45) is 0 Å². The van der Waals surface area contributed by atoms with Gasteiger partial charge >= 0.3 is 29.6 Å². The average Bonchev–Trinajstić information content (AvgIpc) is 2.72. The van der Waals surface area contributed by atoms with Crippen molar-refractivity contribution in [3.8, 4) is 0 Å². The molecule has 0 spiro atoms. The molecule has 0 aliphatic carbocycles. The molecular weight excluding hydrogens is 434 g/mol. The van der Waals surface area contributed by atoms with Crippen molar-refractivity contribution in [2.75, 3.05) is 0 Å².